The van der Waals surface area contributed by atoms with Crippen LogP contribution in [-0.2, 0) is 19.6 Å². The zero-order valence-corrected chi connectivity index (χ0v) is 8.08. The summed E-state index contributed by atoms with van der Waals surface area (Å²) in [5, 5.41) is 0. The third kappa shape index (κ3) is 7.48. The van der Waals surface area contributed by atoms with Crippen LogP contribution < -0.4 is 0 Å². The van der Waals surface area contributed by atoms with Crippen molar-refractivity contribution in [2.75, 3.05) is 5.75 Å². The van der Waals surface area contributed by atoms with E-state index >= 15 is 0 Å². The lowest BCUT2D eigenvalue weighted by Crippen LogP contribution is -2.17. The Morgan fingerprint density at radius 1 is 1.69 bits per heavy atom. The second-order valence-corrected chi connectivity index (χ2v) is 4.10. The van der Waals surface area contributed by atoms with Crippen molar-refractivity contribution in [3.63, 3.8) is 0 Å². The van der Waals surface area contributed by atoms with Gasteiger partial charge in [0.15, 0.2) is 0 Å². The van der Waals surface area contributed by atoms with Gasteiger partial charge in [-0.1, -0.05) is 6.58 Å². The van der Waals surface area contributed by atoms with Crippen molar-refractivity contribution in [3.05, 3.63) is 12.7 Å². The molecule has 0 aliphatic rings. The Morgan fingerprint density at radius 3 is 2.62 bits per heavy atom. The Balaban J connectivity index is 3.82. The Morgan fingerprint density at radius 2 is 2.23 bits per heavy atom. The minimum Gasteiger partial charge on any atom is -0.459 e. The van der Waals surface area contributed by atoms with Crippen molar-refractivity contribution >= 4 is 16.1 Å². The zero-order chi connectivity index (χ0) is 10.5. The molecule has 1 atom stereocenters. The molecule has 1 N–H and O–H groups in total. The maximum atomic E-state index is 10.6. The molecule has 0 aliphatic carbocycles. The summed E-state index contributed by atoms with van der Waals surface area (Å²) < 4.78 is 33.6. The van der Waals surface area contributed by atoms with Gasteiger partial charge in [0.05, 0.1) is 5.75 Å². The molecule has 0 aromatic rings. The molecule has 0 heterocycles. The highest BCUT2D eigenvalue weighted by atomic mass is 32.2. The van der Waals surface area contributed by atoms with E-state index in [1.807, 2.05) is 0 Å². The van der Waals surface area contributed by atoms with Gasteiger partial charge in [-0.05, 0) is 6.92 Å². The van der Waals surface area contributed by atoms with Crippen LogP contribution in [0.15, 0.2) is 12.7 Å². The number of esters is 1. The lowest BCUT2D eigenvalue weighted by Gasteiger charge is -2.09. The predicted octanol–water partition coefficient (Wildman–Crippen LogP) is 0.382. The molecule has 0 fully saturated rings. The third-order valence-electron chi connectivity index (χ3n) is 1.27. The maximum Gasteiger partial charge on any atom is 0.330 e. The summed E-state index contributed by atoms with van der Waals surface area (Å²) in [7, 11) is -3.98. The molecule has 0 radical (unpaired) electrons. The van der Waals surface area contributed by atoms with E-state index in [1.165, 1.54) is 6.92 Å². The molecule has 13 heavy (non-hydrogen) atoms. The van der Waals surface area contributed by atoms with Gasteiger partial charge in [-0.3, -0.25) is 4.55 Å². The summed E-state index contributed by atoms with van der Waals surface area (Å²) >= 11 is 0. The Hall–Kier alpha value is -0.880. The first-order chi connectivity index (χ1) is 5.85. The summed E-state index contributed by atoms with van der Waals surface area (Å²) in [5.41, 5.74) is 0. The van der Waals surface area contributed by atoms with Crippen LogP contribution in [-0.4, -0.2) is 30.8 Å². The van der Waals surface area contributed by atoms with Crippen LogP contribution in [0.2, 0.25) is 0 Å². The molecule has 6 heteroatoms. The number of rotatable bonds is 5. The third-order valence-corrected chi connectivity index (χ3v) is 2.02. The van der Waals surface area contributed by atoms with Gasteiger partial charge >= 0.3 is 5.97 Å². The van der Waals surface area contributed by atoms with Crippen molar-refractivity contribution < 1.29 is 22.5 Å². The molecule has 0 rings (SSSR count). The molecular weight excluding hydrogens is 196 g/mol. The van der Waals surface area contributed by atoms with Crippen molar-refractivity contribution in [2.24, 2.45) is 0 Å². The molecule has 0 aliphatic heterocycles. The minimum absolute atomic E-state index is 0.0679. The van der Waals surface area contributed by atoms with Crippen LogP contribution in [0, 0.1) is 0 Å². The van der Waals surface area contributed by atoms with E-state index < -0.39 is 27.9 Å². The smallest absolute Gasteiger partial charge is 0.330 e. The fourth-order valence-corrected chi connectivity index (χ4v) is 1.25. The first kappa shape index (κ1) is 12.1. The summed E-state index contributed by atoms with van der Waals surface area (Å²) in [6, 6.07) is 0. The van der Waals surface area contributed by atoms with Gasteiger partial charge < -0.3 is 4.74 Å². The standard InChI is InChI=1S/C7H12O5S/c1-3-7(8)12-6(2)4-5-13(9,10)11/h3,6H,1,4-5H2,2H3,(H,9,10,11). The highest BCUT2D eigenvalue weighted by Crippen LogP contribution is 2.00. The molecule has 0 saturated heterocycles. The molecular formula is C7H12O5S. The summed E-state index contributed by atoms with van der Waals surface area (Å²) in [4.78, 5) is 10.6. The predicted molar refractivity (Wildman–Crippen MR) is 46.8 cm³/mol. The lowest BCUT2D eigenvalue weighted by molar-refractivity contribution is -0.142. The Kier molecular flexibility index (Phi) is 4.64. The van der Waals surface area contributed by atoms with Gasteiger partial charge in [0.25, 0.3) is 10.1 Å². The van der Waals surface area contributed by atoms with Crippen molar-refractivity contribution in [1.82, 2.24) is 0 Å². The van der Waals surface area contributed by atoms with Crippen molar-refractivity contribution in [1.29, 1.82) is 0 Å². The van der Waals surface area contributed by atoms with E-state index in [1.54, 1.807) is 0 Å². The van der Waals surface area contributed by atoms with Gasteiger partial charge in [-0.15, -0.1) is 0 Å². The Bertz CT molecular complexity index is 279. The molecule has 0 saturated carbocycles. The van der Waals surface area contributed by atoms with E-state index in [9.17, 15) is 13.2 Å². The van der Waals surface area contributed by atoms with E-state index in [2.05, 4.69) is 11.3 Å². The largest absolute Gasteiger partial charge is 0.459 e. The van der Waals surface area contributed by atoms with E-state index in [0.29, 0.717) is 0 Å². The van der Waals surface area contributed by atoms with Crippen LogP contribution in [0.1, 0.15) is 13.3 Å². The van der Waals surface area contributed by atoms with Crippen molar-refractivity contribution in [3.8, 4) is 0 Å². The second kappa shape index (κ2) is 4.98. The van der Waals surface area contributed by atoms with Gasteiger partial charge in [0, 0.05) is 12.5 Å². The molecule has 76 valence electrons. The summed E-state index contributed by atoms with van der Waals surface area (Å²) in [5.74, 6) is -1.03. The monoisotopic (exact) mass is 208 g/mol. The van der Waals surface area contributed by atoms with E-state index in [-0.39, 0.29) is 6.42 Å². The SMILES string of the molecule is C=CC(=O)OC(C)CCS(=O)(=O)O. The van der Waals surface area contributed by atoms with Crippen LogP contribution >= 0.6 is 0 Å². The van der Waals surface area contributed by atoms with Gasteiger partial charge in [-0.2, -0.15) is 8.42 Å². The van der Waals surface area contributed by atoms with Crippen LogP contribution in [0.3, 0.4) is 0 Å². The number of hydrogen-bond acceptors (Lipinski definition) is 4. The first-order valence-electron chi connectivity index (χ1n) is 3.63. The quantitative estimate of drug-likeness (QED) is 0.401. The number of hydrogen-bond donors (Lipinski definition) is 1. The zero-order valence-electron chi connectivity index (χ0n) is 7.26. The van der Waals surface area contributed by atoms with E-state index in [0.717, 1.165) is 6.08 Å². The maximum absolute atomic E-state index is 10.6. The summed E-state index contributed by atoms with van der Waals surface area (Å²) in [6.07, 6.45) is 0.509. The fraction of sp³-hybridized carbons (Fsp3) is 0.571. The number of carbonyl (C=O) groups is 1. The highest BCUT2D eigenvalue weighted by Gasteiger charge is 2.11. The average molecular weight is 208 g/mol. The second-order valence-electron chi connectivity index (χ2n) is 2.53. The minimum atomic E-state index is -3.98. The summed E-state index contributed by atoms with van der Waals surface area (Å²) in [6.45, 7) is 4.71. The fourth-order valence-electron chi connectivity index (χ4n) is 0.620. The van der Waals surface area contributed by atoms with Crippen LogP contribution in [0.4, 0.5) is 0 Å². The van der Waals surface area contributed by atoms with Gasteiger partial charge in [-0.25, -0.2) is 4.79 Å². The first-order valence-corrected chi connectivity index (χ1v) is 5.24. The van der Waals surface area contributed by atoms with Gasteiger partial charge in [0.1, 0.15) is 6.10 Å². The number of ether oxygens (including phenoxy) is 1. The van der Waals surface area contributed by atoms with Crippen LogP contribution in [0.25, 0.3) is 0 Å². The Labute approximate surface area is 77.1 Å². The molecule has 0 aromatic carbocycles. The average Bonchev–Trinajstić information content (AvgIpc) is 1.99. The normalized spacial score (nSPS) is 13.4. The van der Waals surface area contributed by atoms with Crippen LogP contribution in [0.5, 0.6) is 0 Å². The molecule has 0 aromatic heterocycles. The van der Waals surface area contributed by atoms with E-state index in [4.69, 9.17) is 4.55 Å². The highest BCUT2D eigenvalue weighted by molar-refractivity contribution is 7.85. The molecule has 5 nitrogen and oxygen atoms in total. The lowest BCUT2D eigenvalue weighted by atomic mass is 10.3. The molecule has 0 spiro atoms. The molecule has 0 bridgehead atoms. The molecule has 1 unspecified atom stereocenters. The molecule has 0 amide bonds. The van der Waals surface area contributed by atoms with Gasteiger partial charge in [0.2, 0.25) is 0 Å². The van der Waals surface area contributed by atoms with Crippen molar-refractivity contribution in [2.45, 2.75) is 19.4 Å². The number of carbonyl (C=O) groups excluding carboxylic acids is 1. The topological polar surface area (TPSA) is 80.7 Å².